The molecule has 0 radical (unpaired) electrons. The Hall–Kier alpha value is -2.35. The van der Waals surface area contributed by atoms with Crippen LogP contribution in [-0.4, -0.2) is 29.7 Å². The zero-order valence-corrected chi connectivity index (χ0v) is 12.1. The molecule has 1 aromatic heterocycles. The number of halogens is 1. The molecule has 1 amide bonds. The number of hydrogen-bond donors (Lipinski definition) is 1. The van der Waals surface area contributed by atoms with Crippen molar-refractivity contribution >= 4 is 23.2 Å². The second-order valence-electron chi connectivity index (χ2n) is 4.23. The van der Waals surface area contributed by atoms with Crippen LogP contribution in [0.5, 0.6) is 0 Å². The van der Waals surface area contributed by atoms with E-state index in [0.29, 0.717) is 21.8 Å². The molecule has 21 heavy (non-hydrogen) atoms. The highest BCUT2D eigenvalue weighted by Crippen LogP contribution is 2.20. The highest BCUT2D eigenvalue weighted by atomic mass is 35.5. The Labute approximate surface area is 128 Å². The first-order valence-electron chi connectivity index (χ1n) is 6.21. The van der Waals surface area contributed by atoms with Gasteiger partial charge in [0.15, 0.2) is 0 Å². The first kappa shape index (κ1) is 15.0. The van der Waals surface area contributed by atoms with Crippen molar-refractivity contribution < 1.29 is 9.90 Å². The molecular weight excluding hydrogens is 288 g/mol. The van der Waals surface area contributed by atoms with Crippen LogP contribution in [0, 0.1) is 11.8 Å². The molecular formula is C16H13ClN2O2. The second-order valence-corrected chi connectivity index (χ2v) is 4.64. The van der Waals surface area contributed by atoms with Crippen LogP contribution < -0.4 is 4.90 Å². The number of hydrogen-bond acceptors (Lipinski definition) is 3. The van der Waals surface area contributed by atoms with Crippen molar-refractivity contribution in [1.82, 2.24) is 4.98 Å². The molecule has 0 spiro atoms. The molecule has 1 heterocycles. The number of aliphatic hydroxyl groups excluding tert-OH is 1. The van der Waals surface area contributed by atoms with Gasteiger partial charge in [-0.15, -0.1) is 0 Å². The minimum absolute atomic E-state index is 0.188. The van der Waals surface area contributed by atoms with E-state index in [4.69, 9.17) is 16.7 Å². The second kappa shape index (κ2) is 6.89. The van der Waals surface area contributed by atoms with Gasteiger partial charge in [-0.25, -0.2) is 0 Å². The highest BCUT2D eigenvalue weighted by molar-refractivity contribution is 6.32. The van der Waals surface area contributed by atoms with Gasteiger partial charge in [0.25, 0.3) is 5.91 Å². The molecule has 0 aliphatic heterocycles. The van der Waals surface area contributed by atoms with E-state index in [1.54, 1.807) is 49.8 Å². The number of anilines is 1. The number of carbonyl (C=O) groups is 1. The lowest BCUT2D eigenvalue weighted by molar-refractivity contribution is 0.0993. The summed E-state index contributed by atoms with van der Waals surface area (Å²) in [5.41, 5.74) is 1.73. The Morgan fingerprint density at radius 3 is 2.86 bits per heavy atom. The van der Waals surface area contributed by atoms with Gasteiger partial charge in [-0.2, -0.15) is 0 Å². The van der Waals surface area contributed by atoms with Crippen LogP contribution >= 0.6 is 11.6 Å². The highest BCUT2D eigenvalue weighted by Gasteiger charge is 2.14. The fourth-order valence-corrected chi connectivity index (χ4v) is 1.98. The largest absolute Gasteiger partial charge is 0.384 e. The fraction of sp³-hybridized carbons (Fsp3) is 0.125. The average molecular weight is 301 g/mol. The molecule has 0 saturated carbocycles. The molecule has 5 heteroatoms. The van der Waals surface area contributed by atoms with Gasteiger partial charge in [-0.05, 0) is 30.3 Å². The van der Waals surface area contributed by atoms with Gasteiger partial charge in [-0.3, -0.25) is 9.78 Å². The molecule has 1 N–H and O–H groups in total. The fourth-order valence-electron chi connectivity index (χ4n) is 1.75. The number of aliphatic hydroxyl groups is 1. The minimum Gasteiger partial charge on any atom is -0.384 e. The standard InChI is InChI=1S/C16H13ClN2O2/c1-19(14-5-2-8-18-11-14)16(21)13-7-6-12(4-3-9-20)15(17)10-13/h2,5-8,10-11,20H,9H2,1H3. The zero-order chi connectivity index (χ0) is 15.2. The van der Waals surface area contributed by atoms with E-state index >= 15 is 0 Å². The van der Waals surface area contributed by atoms with E-state index in [1.165, 1.54) is 4.90 Å². The molecule has 106 valence electrons. The number of rotatable bonds is 2. The number of benzene rings is 1. The van der Waals surface area contributed by atoms with Gasteiger partial charge < -0.3 is 10.0 Å². The quantitative estimate of drug-likeness (QED) is 0.866. The predicted molar refractivity (Wildman–Crippen MR) is 82.4 cm³/mol. The van der Waals surface area contributed by atoms with Crippen molar-refractivity contribution in [2.24, 2.45) is 0 Å². The molecule has 0 saturated heterocycles. The Bertz CT molecular complexity index is 705. The van der Waals surface area contributed by atoms with Crippen LogP contribution in [0.1, 0.15) is 15.9 Å². The van der Waals surface area contributed by atoms with Gasteiger partial charge in [0, 0.05) is 24.4 Å². The first-order valence-corrected chi connectivity index (χ1v) is 6.58. The number of carbonyl (C=O) groups excluding carboxylic acids is 1. The third-order valence-corrected chi connectivity index (χ3v) is 3.17. The van der Waals surface area contributed by atoms with Gasteiger partial charge >= 0.3 is 0 Å². The summed E-state index contributed by atoms with van der Waals surface area (Å²) >= 11 is 6.09. The summed E-state index contributed by atoms with van der Waals surface area (Å²) in [6.45, 7) is -0.235. The van der Waals surface area contributed by atoms with Crippen molar-refractivity contribution in [1.29, 1.82) is 0 Å². The van der Waals surface area contributed by atoms with E-state index in [1.807, 2.05) is 0 Å². The number of pyridine rings is 1. The number of amides is 1. The lowest BCUT2D eigenvalue weighted by Gasteiger charge is -2.17. The van der Waals surface area contributed by atoms with Crippen LogP contribution in [0.15, 0.2) is 42.7 Å². The van der Waals surface area contributed by atoms with E-state index in [9.17, 15) is 4.79 Å². The van der Waals surface area contributed by atoms with Gasteiger partial charge in [-0.1, -0.05) is 23.4 Å². The molecule has 0 aliphatic carbocycles. The van der Waals surface area contributed by atoms with Crippen molar-refractivity contribution in [2.45, 2.75) is 0 Å². The van der Waals surface area contributed by atoms with Crippen LogP contribution in [-0.2, 0) is 0 Å². The summed E-state index contributed by atoms with van der Waals surface area (Å²) in [4.78, 5) is 17.9. The molecule has 4 nitrogen and oxygen atoms in total. The van der Waals surface area contributed by atoms with E-state index in [2.05, 4.69) is 16.8 Å². The summed E-state index contributed by atoms with van der Waals surface area (Å²) in [5, 5.41) is 9.05. The third-order valence-electron chi connectivity index (χ3n) is 2.86. The van der Waals surface area contributed by atoms with E-state index < -0.39 is 0 Å². The van der Waals surface area contributed by atoms with Gasteiger partial charge in [0.05, 0.1) is 16.9 Å². The average Bonchev–Trinajstić information content (AvgIpc) is 2.53. The molecule has 0 fully saturated rings. The smallest absolute Gasteiger partial charge is 0.258 e. The van der Waals surface area contributed by atoms with Crippen LogP contribution in [0.4, 0.5) is 5.69 Å². The number of nitrogens with zero attached hydrogens (tertiary/aromatic N) is 2. The first-order chi connectivity index (χ1) is 10.1. The molecule has 0 aliphatic rings. The van der Waals surface area contributed by atoms with Gasteiger partial charge in [0.1, 0.15) is 6.61 Å². The molecule has 0 atom stereocenters. The molecule has 1 aromatic carbocycles. The lowest BCUT2D eigenvalue weighted by atomic mass is 10.1. The summed E-state index contributed by atoms with van der Waals surface area (Å²) in [6.07, 6.45) is 3.26. The monoisotopic (exact) mass is 300 g/mol. The summed E-state index contributed by atoms with van der Waals surface area (Å²) in [5.74, 6) is 5.05. The van der Waals surface area contributed by atoms with Crippen molar-refractivity contribution in [3.63, 3.8) is 0 Å². The molecule has 2 rings (SSSR count). The van der Waals surface area contributed by atoms with Crippen molar-refractivity contribution in [3.8, 4) is 11.8 Å². The Morgan fingerprint density at radius 1 is 1.43 bits per heavy atom. The summed E-state index contributed by atoms with van der Waals surface area (Å²) < 4.78 is 0. The van der Waals surface area contributed by atoms with Gasteiger partial charge in [0.2, 0.25) is 0 Å². The third kappa shape index (κ3) is 3.60. The molecule has 2 aromatic rings. The Morgan fingerprint density at radius 2 is 2.24 bits per heavy atom. The summed E-state index contributed by atoms with van der Waals surface area (Å²) in [7, 11) is 1.67. The maximum Gasteiger partial charge on any atom is 0.258 e. The Kier molecular flexibility index (Phi) is 4.94. The lowest BCUT2D eigenvalue weighted by Crippen LogP contribution is -2.26. The maximum atomic E-state index is 12.4. The molecule has 0 bridgehead atoms. The zero-order valence-electron chi connectivity index (χ0n) is 11.4. The van der Waals surface area contributed by atoms with Crippen LogP contribution in [0.2, 0.25) is 5.02 Å². The Balaban J connectivity index is 2.26. The van der Waals surface area contributed by atoms with Crippen LogP contribution in [0.25, 0.3) is 0 Å². The minimum atomic E-state index is -0.235. The normalized spacial score (nSPS) is 9.67. The predicted octanol–water partition coefficient (Wildman–Crippen LogP) is 2.36. The summed E-state index contributed by atoms with van der Waals surface area (Å²) in [6, 6.07) is 8.45. The number of aromatic nitrogens is 1. The van der Waals surface area contributed by atoms with E-state index in [-0.39, 0.29) is 12.5 Å². The maximum absolute atomic E-state index is 12.4. The van der Waals surface area contributed by atoms with E-state index in [0.717, 1.165) is 0 Å². The topological polar surface area (TPSA) is 53.4 Å². The van der Waals surface area contributed by atoms with Crippen molar-refractivity contribution in [2.75, 3.05) is 18.6 Å². The van der Waals surface area contributed by atoms with Crippen LogP contribution in [0.3, 0.4) is 0 Å². The molecule has 0 unspecified atom stereocenters. The van der Waals surface area contributed by atoms with Crippen molar-refractivity contribution in [3.05, 3.63) is 58.9 Å². The SMILES string of the molecule is CN(C(=O)c1ccc(C#CCO)c(Cl)c1)c1cccnc1.